The number of benzene rings is 2. The van der Waals surface area contributed by atoms with Crippen molar-refractivity contribution < 1.29 is 19.4 Å². The van der Waals surface area contributed by atoms with E-state index < -0.39 is 23.5 Å². The van der Waals surface area contributed by atoms with Crippen molar-refractivity contribution in [1.29, 1.82) is 0 Å². The second kappa shape index (κ2) is 9.52. The third-order valence-electron chi connectivity index (χ3n) is 5.57. The van der Waals surface area contributed by atoms with Gasteiger partial charge in [0.25, 0.3) is 5.91 Å². The Labute approximate surface area is 205 Å². The largest absolute Gasteiger partial charge is 0.503 e. The zero-order valence-corrected chi connectivity index (χ0v) is 19.6. The van der Waals surface area contributed by atoms with Gasteiger partial charge in [-0.05, 0) is 48.4 Å². The number of ketones is 1. The van der Waals surface area contributed by atoms with Gasteiger partial charge in [0.1, 0.15) is 5.75 Å². The molecule has 174 valence electrons. The third kappa shape index (κ3) is 4.31. The summed E-state index contributed by atoms with van der Waals surface area (Å²) < 4.78 is 6.40. The number of hydrogen-bond acceptors (Lipinski definition) is 7. The molecule has 1 N–H and O–H groups in total. The van der Waals surface area contributed by atoms with Gasteiger partial charge < -0.3 is 9.84 Å². The Morgan fingerprint density at radius 2 is 2.00 bits per heavy atom. The van der Waals surface area contributed by atoms with Crippen LogP contribution in [-0.4, -0.2) is 33.4 Å². The molecule has 35 heavy (non-hydrogen) atoms. The van der Waals surface area contributed by atoms with Crippen molar-refractivity contribution in [1.82, 2.24) is 9.97 Å². The van der Waals surface area contributed by atoms with Crippen LogP contribution in [0.25, 0.3) is 16.3 Å². The second-order valence-electron chi connectivity index (χ2n) is 7.79. The van der Waals surface area contributed by atoms with Crippen molar-refractivity contribution >= 4 is 44.5 Å². The van der Waals surface area contributed by atoms with Crippen LogP contribution in [0.1, 0.15) is 24.1 Å². The summed E-state index contributed by atoms with van der Waals surface area (Å²) in [5.74, 6) is -1.03. The van der Waals surface area contributed by atoms with Crippen molar-refractivity contribution in [3.05, 3.63) is 102 Å². The van der Waals surface area contributed by atoms with E-state index in [0.717, 1.165) is 10.3 Å². The zero-order chi connectivity index (χ0) is 24.4. The first kappa shape index (κ1) is 22.5. The van der Waals surface area contributed by atoms with Crippen LogP contribution in [-0.2, 0) is 9.59 Å². The quantitative estimate of drug-likeness (QED) is 0.360. The monoisotopic (exact) mass is 483 g/mol. The molecule has 0 saturated heterocycles. The van der Waals surface area contributed by atoms with Crippen LogP contribution in [0.4, 0.5) is 5.13 Å². The van der Waals surface area contributed by atoms with Crippen LogP contribution in [0.15, 0.2) is 90.5 Å². The van der Waals surface area contributed by atoms with Gasteiger partial charge in [0, 0.05) is 12.4 Å². The van der Waals surface area contributed by atoms with E-state index in [1.807, 2.05) is 55.5 Å². The fourth-order valence-corrected chi connectivity index (χ4v) is 5.01. The smallest absolute Gasteiger partial charge is 0.296 e. The summed E-state index contributed by atoms with van der Waals surface area (Å²) >= 11 is 1.29. The first-order valence-corrected chi connectivity index (χ1v) is 11.9. The predicted molar refractivity (Wildman–Crippen MR) is 135 cm³/mol. The number of carbonyl (C=O) groups excluding carboxylic acids is 2. The van der Waals surface area contributed by atoms with Gasteiger partial charge in [0.15, 0.2) is 16.7 Å². The third-order valence-corrected chi connectivity index (χ3v) is 6.58. The van der Waals surface area contributed by atoms with E-state index in [9.17, 15) is 14.7 Å². The van der Waals surface area contributed by atoms with Crippen LogP contribution in [0.3, 0.4) is 0 Å². The number of amides is 1. The van der Waals surface area contributed by atoms with E-state index in [1.54, 1.807) is 30.6 Å². The van der Waals surface area contributed by atoms with Gasteiger partial charge in [0.05, 0.1) is 28.4 Å². The van der Waals surface area contributed by atoms with Crippen molar-refractivity contribution in [3.63, 3.8) is 0 Å². The number of pyridine rings is 1. The molecule has 1 aliphatic heterocycles. The summed E-state index contributed by atoms with van der Waals surface area (Å²) in [6.07, 6.45) is 6.22. The highest BCUT2D eigenvalue weighted by molar-refractivity contribution is 7.22. The molecular formula is C27H21N3O4S. The Kier molecular flexibility index (Phi) is 6.12. The van der Waals surface area contributed by atoms with Gasteiger partial charge in [-0.1, -0.05) is 53.8 Å². The molecule has 8 heteroatoms. The number of ether oxygens (including phenoxy) is 1. The van der Waals surface area contributed by atoms with Crippen LogP contribution < -0.4 is 9.64 Å². The average molecular weight is 484 g/mol. The Morgan fingerprint density at radius 1 is 1.17 bits per heavy atom. The summed E-state index contributed by atoms with van der Waals surface area (Å²) in [5.41, 5.74) is 2.10. The number of hydrogen-bond donors (Lipinski definition) is 1. The van der Waals surface area contributed by atoms with E-state index in [-0.39, 0.29) is 5.57 Å². The van der Waals surface area contributed by atoms with Gasteiger partial charge in [0.2, 0.25) is 0 Å². The Hall–Kier alpha value is -4.30. The van der Waals surface area contributed by atoms with E-state index in [1.165, 1.54) is 22.3 Å². The van der Waals surface area contributed by atoms with Gasteiger partial charge in [-0.2, -0.15) is 0 Å². The highest BCUT2D eigenvalue weighted by atomic mass is 32.1. The summed E-state index contributed by atoms with van der Waals surface area (Å²) in [4.78, 5) is 36.7. The van der Waals surface area contributed by atoms with E-state index >= 15 is 0 Å². The molecule has 0 fully saturated rings. The van der Waals surface area contributed by atoms with Gasteiger partial charge >= 0.3 is 0 Å². The lowest BCUT2D eigenvalue weighted by molar-refractivity contribution is -0.117. The SMILES string of the molecule is CCOc1ccc2nc(N3C(=O)C(O)=C(C(=O)C=Cc4ccccc4)C3c3cccnc3)sc2c1. The highest BCUT2D eigenvalue weighted by Crippen LogP contribution is 2.43. The number of fused-ring (bicyclic) bond motifs is 1. The molecule has 1 atom stereocenters. The summed E-state index contributed by atoms with van der Waals surface area (Å²) in [6, 6.07) is 17.5. The maximum atomic E-state index is 13.3. The number of nitrogens with zero attached hydrogens (tertiary/aromatic N) is 3. The molecular weight excluding hydrogens is 462 g/mol. The number of allylic oxidation sites excluding steroid dienone is 1. The average Bonchev–Trinajstić information content (AvgIpc) is 3.42. The Bertz CT molecular complexity index is 1460. The van der Waals surface area contributed by atoms with Gasteiger partial charge in [-0.15, -0.1) is 0 Å². The lowest BCUT2D eigenvalue weighted by atomic mass is 9.97. The van der Waals surface area contributed by atoms with Gasteiger partial charge in [-0.25, -0.2) is 4.98 Å². The van der Waals surface area contributed by atoms with Crippen molar-refractivity contribution in [3.8, 4) is 5.75 Å². The van der Waals surface area contributed by atoms with Gasteiger partial charge in [-0.3, -0.25) is 19.5 Å². The lowest BCUT2D eigenvalue weighted by Gasteiger charge is -2.23. The van der Waals surface area contributed by atoms with Crippen molar-refractivity contribution in [2.24, 2.45) is 0 Å². The minimum Gasteiger partial charge on any atom is -0.503 e. The predicted octanol–water partition coefficient (Wildman–Crippen LogP) is 5.27. The fraction of sp³-hybridized carbons (Fsp3) is 0.111. The standard InChI is InChI=1S/C27H21N3O4S/c1-2-34-19-11-12-20-22(15-19)35-27(29-20)30-24(18-9-6-14-28-16-18)23(25(32)26(30)33)21(31)13-10-17-7-4-3-5-8-17/h3-16,24,32H,2H2,1H3. The molecule has 2 aromatic carbocycles. The molecule has 2 aromatic heterocycles. The zero-order valence-electron chi connectivity index (χ0n) is 18.8. The minimum absolute atomic E-state index is 0.00978. The van der Waals surface area contributed by atoms with Crippen molar-refractivity contribution in [2.75, 3.05) is 11.5 Å². The molecule has 1 amide bonds. The fourth-order valence-electron chi connectivity index (χ4n) is 3.99. The van der Waals surface area contributed by atoms with Crippen LogP contribution in [0, 0.1) is 0 Å². The topological polar surface area (TPSA) is 92.6 Å². The highest BCUT2D eigenvalue weighted by Gasteiger charge is 2.45. The Balaban J connectivity index is 1.57. The maximum Gasteiger partial charge on any atom is 0.296 e. The number of rotatable bonds is 7. The number of carbonyl (C=O) groups is 2. The summed E-state index contributed by atoms with van der Waals surface area (Å²) in [6.45, 7) is 2.44. The summed E-state index contributed by atoms with van der Waals surface area (Å²) in [5, 5.41) is 11.2. The molecule has 0 bridgehead atoms. The molecule has 5 rings (SSSR count). The molecule has 4 aromatic rings. The molecule has 3 heterocycles. The first-order valence-electron chi connectivity index (χ1n) is 11.0. The molecule has 0 saturated carbocycles. The maximum absolute atomic E-state index is 13.3. The number of thiazole rings is 1. The van der Waals surface area contributed by atoms with E-state index in [2.05, 4.69) is 9.97 Å². The number of aliphatic hydroxyl groups is 1. The molecule has 1 aliphatic rings. The van der Waals surface area contributed by atoms with Crippen molar-refractivity contribution in [2.45, 2.75) is 13.0 Å². The minimum atomic E-state index is -0.865. The molecule has 0 aliphatic carbocycles. The van der Waals surface area contributed by atoms with Crippen LogP contribution in [0.5, 0.6) is 5.75 Å². The molecule has 0 spiro atoms. The van der Waals surface area contributed by atoms with Crippen LogP contribution >= 0.6 is 11.3 Å². The first-order chi connectivity index (χ1) is 17.1. The molecule has 0 radical (unpaired) electrons. The second-order valence-corrected chi connectivity index (χ2v) is 8.80. The number of aromatic nitrogens is 2. The molecule has 1 unspecified atom stereocenters. The number of anilines is 1. The number of aliphatic hydroxyl groups excluding tert-OH is 1. The van der Waals surface area contributed by atoms with Crippen LogP contribution in [0.2, 0.25) is 0 Å². The summed E-state index contributed by atoms with van der Waals surface area (Å²) in [7, 11) is 0. The van der Waals surface area contributed by atoms with E-state index in [4.69, 9.17) is 4.74 Å². The molecule has 7 nitrogen and oxygen atoms in total. The van der Waals surface area contributed by atoms with E-state index in [0.29, 0.717) is 28.6 Å². The normalized spacial score (nSPS) is 16.0. The lowest BCUT2D eigenvalue weighted by Crippen LogP contribution is -2.30. The Morgan fingerprint density at radius 3 is 2.74 bits per heavy atom.